The molecule has 1 aliphatic rings. The summed E-state index contributed by atoms with van der Waals surface area (Å²) < 4.78 is 0. The molecule has 1 rings (SSSR count). The Morgan fingerprint density at radius 3 is 3.00 bits per heavy atom. The second kappa shape index (κ2) is 7.48. The molecule has 1 N–H and O–H groups in total. The van der Waals surface area contributed by atoms with Gasteiger partial charge in [0.15, 0.2) is 0 Å². The fraction of sp³-hybridized carbons (Fsp3) is 0.769. The van der Waals surface area contributed by atoms with E-state index in [9.17, 15) is 0 Å². The maximum atomic E-state index is 8.61. The molecular weight excluding hydrogens is 184 g/mol. The predicted molar refractivity (Wildman–Crippen MR) is 63.5 cm³/mol. The minimum Gasteiger partial charge on any atom is -0.313 e. The van der Waals surface area contributed by atoms with Crippen molar-refractivity contribution in [2.24, 2.45) is 0 Å². The monoisotopic (exact) mass is 206 g/mol. The zero-order valence-corrected chi connectivity index (χ0v) is 9.76. The molecule has 0 bridgehead atoms. The first-order valence-electron chi connectivity index (χ1n) is 6.15. The van der Waals surface area contributed by atoms with Crippen LogP contribution < -0.4 is 5.32 Å². The summed E-state index contributed by atoms with van der Waals surface area (Å²) in [5.41, 5.74) is 1.61. The van der Waals surface area contributed by atoms with E-state index in [4.69, 9.17) is 5.26 Å². The smallest absolute Gasteiger partial charge is 0.0638 e. The highest BCUT2D eigenvalue weighted by Crippen LogP contribution is 2.19. The molecule has 1 atom stereocenters. The summed E-state index contributed by atoms with van der Waals surface area (Å²) in [5, 5.41) is 12.1. The van der Waals surface area contributed by atoms with Crippen LogP contribution in [0.5, 0.6) is 0 Å². The zero-order valence-electron chi connectivity index (χ0n) is 9.76. The van der Waals surface area contributed by atoms with E-state index in [1.165, 1.54) is 32.1 Å². The number of nitrogens with zero attached hydrogens (tertiary/aromatic N) is 1. The second-order valence-electron chi connectivity index (χ2n) is 4.28. The van der Waals surface area contributed by atoms with Gasteiger partial charge < -0.3 is 5.32 Å². The Kier molecular flexibility index (Phi) is 6.11. The van der Waals surface area contributed by atoms with Crippen molar-refractivity contribution in [2.75, 3.05) is 6.54 Å². The van der Waals surface area contributed by atoms with Crippen LogP contribution in [0, 0.1) is 11.3 Å². The Labute approximate surface area is 93.4 Å². The third-order valence-electron chi connectivity index (χ3n) is 3.09. The molecule has 0 aromatic heterocycles. The van der Waals surface area contributed by atoms with Crippen molar-refractivity contribution >= 4 is 0 Å². The molecule has 0 fully saturated rings. The van der Waals surface area contributed by atoms with E-state index in [2.05, 4.69) is 24.4 Å². The summed E-state index contributed by atoms with van der Waals surface area (Å²) in [5.74, 6) is 0. The van der Waals surface area contributed by atoms with E-state index >= 15 is 0 Å². The van der Waals surface area contributed by atoms with Crippen LogP contribution in [-0.2, 0) is 0 Å². The number of hydrogen-bond donors (Lipinski definition) is 1. The van der Waals surface area contributed by atoms with Crippen molar-refractivity contribution in [3.8, 4) is 6.07 Å². The van der Waals surface area contributed by atoms with Gasteiger partial charge in [-0.1, -0.05) is 18.6 Å². The number of nitrogens with one attached hydrogen (secondary N) is 1. The zero-order chi connectivity index (χ0) is 10.9. The fourth-order valence-electron chi connectivity index (χ4n) is 2.04. The van der Waals surface area contributed by atoms with Crippen molar-refractivity contribution in [3.63, 3.8) is 0 Å². The summed E-state index contributed by atoms with van der Waals surface area (Å²) in [6.07, 6.45) is 10.5. The standard InChI is InChI=1S/C13H22N2/c1-2-13(8-10-14)15-11-9-12-6-4-3-5-7-12/h6,13,15H,2-5,7-9,11H2,1H3. The van der Waals surface area contributed by atoms with Gasteiger partial charge in [0.2, 0.25) is 0 Å². The molecular formula is C13H22N2. The number of allylic oxidation sites excluding steroid dienone is 1. The molecule has 0 aliphatic heterocycles. The van der Waals surface area contributed by atoms with Crippen molar-refractivity contribution in [3.05, 3.63) is 11.6 Å². The molecule has 0 spiro atoms. The Morgan fingerprint density at radius 1 is 1.53 bits per heavy atom. The maximum absolute atomic E-state index is 8.61. The van der Waals surface area contributed by atoms with Crippen molar-refractivity contribution in [1.82, 2.24) is 5.32 Å². The van der Waals surface area contributed by atoms with Gasteiger partial charge >= 0.3 is 0 Å². The molecule has 0 aromatic carbocycles. The fourth-order valence-corrected chi connectivity index (χ4v) is 2.04. The average Bonchev–Trinajstić information content (AvgIpc) is 2.29. The van der Waals surface area contributed by atoms with Crippen molar-refractivity contribution in [2.45, 2.75) is 57.9 Å². The molecule has 0 saturated carbocycles. The van der Waals surface area contributed by atoms with Crippen LogP contribution in [0.15, 0.2) is 11.6 Å². The minimum atomic E-state index is 0.388. The first kappa shape index (κ1) is 12.3. The predicted octanol–water partition coefficient (Wildman–Crippen LogP) is 3.16. The summed E-state index contributed by atoms with van der Waals surface area (Å²) >= 11 is 0. The second-order valence-corrected chi connectivity index (χ2v) is 4.28. The van der Waals surface area contributed by atoms with Gasteiger partial charge in [-0.2, -0.15) is 5.26 Å². The minimum absolute atomic E-state index is 0.388. The van der Waals surface area contributed by atoms with Crippen LogP contribution in [-0.4, -0.2) is 12.6 Å². The van der Waals surface area contributed by atoms with Gasteiger partial charge in [0.1, 0.15) is 0 Å². The SMILES string of the molecule is CCC(CC#N)NCCC1=CCCCC1. The van der Waals surface area contributed by atoms with Crippen LogP contribution in [0.4, 0.5) is 0 Å². The number of rotatable bonds is 6. The number of nitriles is 1. The molecule has 1 unspecified atom stereocenters. The molecule has 84 valence electrons. The van der Waals surface area contributed by atoms with Gasteiger partial charge in [-0.15, -0.1) is 0 Å². The van der Waals surface area contributed by atoms with Gasteiger partial charge in [0.25, 0.3) is 0 Å². The lowest BCUT2D eigenvalue weighted by Gasteiger charge is -2.16. The normalized spacial score (nSPS) is 18.0. The van der Waals surface area contributed by atoms with Gasteiger partial charge in [-0.3, -0.25) is 0 Å². The quantitative estimate of drug-likeness (QED) is 0.678. The molecule has 2 heteroatoms. The lowest BCUT2D eigenvalue weighted by atomic mass is 9.97. The van der Waals surface area contributed by atoms with E-state index < -0.39 is 0 Å². The Balaban J connectivity index is 2.14. The molecule has 0 saturated heterocycles. The van der Waals surface area contributed by atoms with Crippen molar-refractivity contribution < 1.29 is 0 Å². The molecule has 0 amide bonds. The van der Waals surface area contributed by atoms with E-state index in [1.54, 1.807) is 5.57 Å². The maximum Gasteiger partial charge on any atom is 0.0638 e. The summed E-state index contributed by atoms with van der Waals surface area (Å²) in [6, 6.07) is 2.62. The lowest BCUT2D eigenvalue weighted by molar-refractivity contribution is 0.503. The molecule has 1 aliphatic carbocycles. The van der Waals surface area contributed by atoms with Gasteiger partial charge in [0, 0.05) is 6.04 Å². The lowest BCUT2D eigenvalue weighted by Crippen LogP contribution is -2.29. The summed E-state index contributed by atoms with van der Waals surface area (Å²) in [6.45, 7) is 3.17. The van der Waals surface area contributed by atoms with Crippen molar-refractivity contribution in [1.29, 1.82) is 5.26 Å². The third kappa shape index (κ3) is 4.99. The highest BCUT2D eigenvalue weighted by Gasteiger charge is 2.06. The molecule has 0 radical (unpaired) electrons. The van der Waals surface area contributed by atoms with Crippen LogP contribution in [0.1, 0.15) is 51.9 Å². The van der Waals surface area contributed by atoms with Crippen LogP contribution in [0.25, 0.3) is 0 Å². The van der Waals surface area contributed by atoms with Gasteiger partial charge in [-0.25, -0.2) is 0 Å². The van der Waals surface area contributed by atoms with Crippen LogP contribution >= 0.6 is 0 Å². The highest BCUT2D eigenvalue weighted by molar-refractivity contribution is 5.05. The van der Waals surface area contributed by atoms with Gasteiger partial charge in [-0.05, 0) is 45.1 Å². The molecule has 0 aromatic rings. The topological polar surface area (TPSA) is 35.8 Å². The summed E-state index contributed by atoms with van der Waals surface area (Å²) in [4.78, 5) is 0. The summed E-state index contributed by atoms with van der Waals surface area (Å²) in [7, 11) is 0. The van der Waals surface area contributed by atoms with Gasteiger partial charge in [0.05, 0.1) is 12.5 Å². The molecule has 2 nitrogen and oxygen atoms in total. The molecule has 15 heavy (non-hydrogen) atoms. The average molecular weight is 206 g/mol. The first-order valence-corrected chi connectivity index (χ1v) is 6.15. The Hall–Kier alpha value is -0.810. The largest absolute Gasteiger partial charge is 0.313 e. The van der Waals surface area contributed by atoms with E-state index in [0.717, 1.165) is 13.0 Å². The van der Waals surface area contributed by atoms with E-state index in [-0.39, 0.29) is 0 Å². The Morgan fingerprint density at radius 2 is 2.40 bits per heavy atom. The molecule has 0 heterocycles. The van der Waals surface area contributed by atoms with Crippen LogP contribution in [0.2, 0.25) is 0 Å². The third-order valence-corrected chi connectivity index (χ3v) is 3.09. The van der Waals surface area contributed by atoms with E-state index in [0.29, 0.717) is 12.5 Å². The first-order chi connectivity index (χ1) is 7.36. The van der Waals surface area contributed by atoms with Crippen LogP contribution in [0.3, 0.4) is 0 Å². The number of hydrogen-bond acceptors (Lipinski definition) is 2. The Bertz CT molecular complexity index is 237. The van der Waals surface area contributed by atoms with E-state index in [1.807, 2.05) is 0 Å². The highest BCUT2D eigenvalue weighted by atomic mass is 14.9.